The molecule has 2 aromatic carbocycles. The number of carbonyl (C=O) groups is 2. The first-order valence-electron chi connectivity index (χ1n) is 9.35. The third-order valence-electron chi connectivity index (χ3n) is 4.26. The summed E-state index contributed by atoms with van der Waals surface area (Å²) in [5.41, 5.74) is 6.79. The quantitative estimate of drug-likeness (QED) is 0.448. The minimum atomic E-state index is -0.600. The number of nitrogens with one attached hydrogen (secondary N) is 2. The van der Waals surface area contributed by atoms with E-state index in [1.165, 1.54) is 17.4 Å². The second-order valence-corrected chi connectivity index (χ2v) is 7.52. The molecule has 2 heterocycles. The Bertz CT molecular complexity index is 1190. The van der Waals surface area contributed by atoms with Crippen LogP contribution in [0.4, 0.5) is 0 Å². The van der Waals surface area contributed by atoms with Crippen LogP contribution in [0.3, 0.4) is 0 Å². The van der Waals surface area contributed by atoms with Gasteiger partial charge in [-0.3, -0.25) is 20.4 Å². The number of hydrogen-bond donors (Lipinski definition) is 2. The van der Waals surface area contributed by atoms with Crippen LogP contribution in [0.25, 0.3) is 11.3 Å². The van der Waals surface area contributed by atoms with E-state index in [0.29, 0.717) is 10.8 Å². The number of carbonyl (C=O) groups excluding carboxylic acids is 2. The summed E-state index contributed by atoms with van der Waals surface area (Å²) in [6.45, 7) is 2.24. The molecule has 0 saturated carbocycles. The van der Waals surface area contributed by atoms with Crippen LogP contribution < -0.4 is 15.6 Å². The molecule has 0 aliphatic heterocycles. The minimum Gasteiger partial charge on any atom is -0.486 e. The highest BCUT2D eigenvalue weighted by molar-refractivity contribution is 7.09. The number of benzene rings is 2. The SMILES string of the molecule is Cc1ccc(OCc2nc(C(=O)NNC(=O)c3cc(-c4ccccc4)on3)cs2)cc1. The lowest BCUT2D eigenvalue weighted by Gasteiger charge is -2.04. The zero-order chi connectivity index (χ0) is 21.6. The molecule has 2 amide bonds. The topological polar surface area (TPSA) is 106 Å². The van der Waals surface area contributed by atoms with E-state index >= 15 is 0 Å². The van der Waals surface area contributed by atoms with Crippen LogP contribution in [0.5, 0.6) is 5.75 Å². The molecule has 0 aliphatic rings. The van der Waals surface area contributed by atoms with Crippen LogP contribution in [0.2, 0.25) is 0 Å². The van der Waals surface area contributed by atoms with E-state index in [1.807, 2.05) is 61.5 Å². The first-order valence-corrected chi connectivity index (χ1v) is 10.2. The van der Waals surface area contributed by atoms with Crippen molar-refractivity contribution in [3.8, 4) is 17.1 Å². The predicted molar refractivity (Wildman–Crippen MR) is 114 cm³/mol. The highest BCUT2D eigenvalue weighted by atomic mass is 32.1. The summed E-state index contributed by atoms with van der Waals surface area (Å²) >= 11 is 1.29. The molecule has 0 spiro atoms. The van der Waals surface area contributed by atoms with Crippen molar-refractivity contribution in [1.82, 2.24) is 21.0 Å². The monoisotopic (exact) mass is 434 g/mol. The van der Waals surface area contributed by atoms with Gasteiger partial charge in [0.2, 0.25) is 0 Å². The summed E-state index contributed by atoms with van der Waals surface area (Å²) in [7, 11) is 0. The fourth-order valence-corrected chi connectivity index (χ4v) is 3.31. The molecule has 4 rings (SSSR count). The Morgan fingerprint density at radius 2 is 1.71 bits per heavy atom. The number of aromatic nitrogens is 2. The molecule has 2 aromatic heterocycles. The zero-order valence-corrected chi connectivity index (χ0v) is 17.3. The Kier molecular flexibility index (Phi) is 6.04. The molecular weight excluding hydrogens is 416 g/mol. The molecule has 4 aromatic rings. The number of amides is 2. The van der Waals surface area contributed by atoms with Gasteiger partial charge in [-0.25, -0.2) is 4.98 Å². The second-order valence-electron chi connectivity index (χ2n) is 6.58. The smallest absolute Gasteiger partial charge is 0.291 e. The van der Waals surface area contributed by atoms with Gasteiger partial charge in [0, 0.05) is 17.0 Å². The average Bonchev–Trinajstić information content (AvgIpc) is 3.48. The predicted octanol–water partition coefficient (Wildman–Crippen LogP) is 3.76. The Hall–Kier alpha value is -3.98. The summed E-state index contributed by atoms with van der Waals surface area (Å²) < 4.78 is 10.9. The Morgan fingerprint density at radius 1 is 1.00 bits per heavy atom. The molecule has 156 valence electrons. The molecule has 0 atom stereocenters. The van der Waals surface area contributed by atoms with Crippen LogP contribution in [-0.2, 0) is 6.61 Å². The maximum atomic E-state index is 12.3. The second kappa shape index (κ2) is 9.23. The molecule has 0 radical (unpaired) electrons. The lowest BCUT2D eigenvalue weighted by Crippen LogP contribution is -2.41. The van der Waals surface area contributed by atoms with Crippen molar-refractivity contribution < 1.29 is 18.8 Å². The Balaban J connectivity index is 1.29. The van der Waals surface area contributed by atoms with Gasteiger partial charge in [0.15, 0.2) is 11.5 Å². The van der Waals surface area contributed by atoms with Crippen molar-refractivity contribution in [2.45, 2.75) is 13.5 Å². The van der Waals surface area contributed by atoms with Crippen LogP contribution in [-0.4, -0.2) is 22.0 Å². The minimum absolute atomic E-state index is 0.0459. The number of hydrazine groups is 1. The summed E-state index contributed by atoms with van der Waals surface area (Å²) in [6, 6.07) is 18.4. The first-order chi connectivity index (χ1) is 15.1. The van der Waals surface area contributed by atoms with Gasteiger partial charge in [0.25, 0.3) is 11.8 Å². The molecule has 8 nitrogen and oxygen atoms in total. The summed E-state index contributed by atoms with van der Waals surface area (Å²) in [5, 5.41) is 5.97. The van der Waals surface area contributed by atoms with E-state index in [1.54, 1.807) is 5.38 Å². The molecule has 31 heavy (non-hydrogen) atoms. The van der Waals surface area contributed by atoms with Gasteiger partial charge in [0.1, 0.15) is 23.1 Å². The van der Waals surface area contributed by atoms with Crippen molar-refractivity contribution in [2.24, 2.45) is 0 Å². The third-order valence-corrected chi connectivity index (χ3v) is 5.08. The van der Waals surface area contributed by atoms with Crippen molar-refractivity contribution in [3.63, 3.8) is 0 Å². The van der Waals surface area contributed by atoms with Crippen LogP contribution in [0, 0.1) is 6.92 Å². The van der Waals surface area contributed by atoms with Gasteiger partial charge >= 0.3 is 0 Å². The normalized spacial score (nSPS) is 10.5. The first kappa shape index (κ1) is 20.3. The molecule has 0 bridgehead atoms. The van der Waals surface area contributed by atoms with E-state index in [9.17, 15) is 9.59 Å². The van der Waals surface area contributed by atoms with Crippen molar-refractivity contribution >= 4 is 23.2 Å². The van der Waals surface area contributed by atoms with Crippen LogP contribution in [0.15, 0.2) is 70.6 Å². The fraction of sp³-hybridized carbons (Fsp3) is 0.0909. The largest absolute Gasteiger partial charge is 0.486 e. The molecule has 2 N–H and O–H groups in total. The van der Waals surface area contributed by atoms with Gasteiger partial charge in [0.05, 0.1) is 0 Å². The number of thiazole rings is 1. The maximum absolute atomic E-state index is 12.3. The van der Waals surface area contributed by atoms with Crippen LogP contribution in [0.1, 0.15) is 31.5 Å². The van der Waals surface area contributed by atoms with Gasteiger partial charge in [-0.2, -0.15) is 0 Å². The van der Waals surface area contributed by atoms with Crippen molar-refractivity contribution in [3.05, 3.63) is 88.0 Å². The van der Waals surface area contributed by atoms with E-state index in [0.717, 1.165) is 16.9 Å². The summed E-state index contributed by atoms with van der Waals surface area (Å²) in [5.74, 6) is 0.0340. The molecule has 0 aliphatic carbocycles. The lowest BCUT2D eigenvalue weighted by molar-refractivity contribution is 0.0839. The molecule has 0 fully saturated rings. The molecule has 9 heteroatoms. The molecule has 0 saturated heterocycles. The molecular formula is C22H18N4O4S. The van der Waals surface area contributed by atoms with Gasteiger partial charge < -0.3 is 9.26 Å². The van der Waals surface area contributed by atoms with Gasteiger partial charge in [-0.05, 0) is 19.1 Å². The van der Waals surface area contributed by atoms with Crippen molar-refractivity contribution in [1.29, 1.82) is 0 Å². The standard InChI is InChI=1S/C22H18N4O4S/c1-14-7-9-16(10-8-14)29-12-20-23-18(13-31-20)22(28)25-24-21(27)17-11-19(30-26-17)15-5-3-2-4-6-15/h2-11,13H,12H2,1H3,(H,24,27)(H,25,28). The van der Waals surface area contributed by atoms with E-state index < -0.39 is 11.8 Å². The van der Waals surface area contributed by atoms with Crippen molar-refractivity contribution in [2.75, 3.05) is 0 Å². The van der Waals surface area contributed by atoms with Gasteiger partial charge in [-0.15, -0.1) is 11.3 Å². The number of nitrogens with zero attached hydrogens (tertiary/aromatic N) is 2. The number of hydrogen-bond acceptors (Lipinski definition) is 7. The van der Waals surface area contributed by atoms with Gasteiger partial charge in [-0.1, -0.05) is 53.2 Å². The van der Waals surface area contributed by atoms with Crippen LogP contribution >= 0.6 is 11.3 Å². The van der Waals surface area contributed by atoms with E-state index in [2.05, 4.69) is 21.0 Å². The summed E-state index contributed by atoms with van der Waals surface area (Å²) in [6.07, 6.45) is 0. The highest BCUT2D eigenvalue weighted by Crippen LogP contribution is 2.19. The lowest BCUT2D eigenvalue weighted by atomic mass is 10.1. The number of aryl methyl sites for hydroxylation is 1. The number of ether oxygens (including phenoxy) is 1. The van der Waals surface area contributed by atoms with E-state index in [4.69, 9.17) is 9.26 Å². The maximum Gasteiger partial charge on any atom is 0.291 e. The highest BCUT2D eigenvalue weighted by Gasteiger charge is 2.16. The molecule has 0 unspecified atom stereocenters. The third kappa shape index (κ3) is 5.14. The zero-order valence-electron chi connectivity index (χ0n) is 16.5. The average molecular weight is 434 g/mol. The number of rotatable bonds is 6. The van der Waals surface area contributed by atoms with E-state index in [-0.39, 0.29) is 18.0 Å². The summed E-state index contributed by atoms with van der Waals surface area (Å²) in [4.78, 5) is 28.7. The Morgan fingerprint density at radius 3 is 2.45 bits per heavy atom. The fourth-order valence-electron chi connectivity index (χ4n) is 2.62. The Labute approximate surface area is 181 Å².